The van der Waals surface area contributed by atoms with Gasteiger partial charge in [-0.2, -0.15) is 0 Å². The van der Waals surface area contributed by atoms with Gasteiger partial charge in [0.05, 0.1) is 0 Å². The highest BCUT2D eigenvalue weighted by Crippen LogP contribution is 2.22. The van der Waals surface area contributed by atoms with Gasteiger partial charge in [-0.3, -0.25) is 9.59 Å². The van der Waals surface area contributed by atoms with Gasteiger partial charge in [0.25, 0.3) is 0 Å². The largest absolute Gasteiger partial charge is 0.326 e. The molecule has 25 heavy (non-hydrogen) atoms. The van der Waals surface area contributed by atoms with Crippen molar-refractivity contribution >= 4 is 23.2 Å². The number of nitrogens with zero attached hydrogens (tertiary/aromatic N) is 1. The van der Waals surface area contributed by atoms with E-state index in [4.69, 9.17) is 0 Å². The number of hydrogen-bond donors (Lipinski definition) is 1. The summed E-state index contributed by atoms with van der Waals surface area (Å²) in [5.74, 6) is -0.159. The number of benzene rings is 2. The molecule has 4 heteroatoms. The number of carbonyl (C=O) groups excluding carboxylic acids is 2. The van der Waals surface area contributed by atoms with Gasteiger partial charge in [-0.15, -0.1) is 0 Å². The van der Waals surface area contributed by atoms with Crippen molar-refractivity contribution < 1.29 is 9.59 Å². The molecule has 132 valence electrons. The monoisotopic (exact) mass is 338 g/mol. The maximum absolute atomic E-state index is 12.4. The fourth-order valence-corrected chi connectivity index (χ4v) is 2.99. The molecule has 2 aromatic rings. The smallest absolute Gasteiger partial charge is 0.226 e. The van der Waals surface area contributed by atoms with E-state index < -0.39 is 0 Å². The zero-order valence-electron chi connectivity index (χ0n) is 15.6. The van der Waals surface area contributed by atoms with Crippen LogP contribution in [0.25, 0.3) is 0 Å². The van der Waals surface area contributed by atoms with Gasteiger partial charge in [0, 0.05) is 31.3 Å². The summed E-state index contributed by atoms with van der Waals surface area (Å²) in [6.45, 7) is 9.90. The number of aryl methyl sites for hydroxylation is 4. The van der Waals surface area contributed by atoms with E-state index in [0.29, 0.717) is 6.54 Å². The Morgan fingerprint density at radius 1 is 0.920 bits per heavy atom. The molecule has 0 heterocycles. The van der Waals surface area contributed by atoms with E-state index in [2.05, 4.69) is 17.4 Å². The minimum Gasteiger partial charge on any atom is -0.326 e. The summed E-state index contributed by atoms with van der Waals surface area (Å²) >= 11 is 0. The molecule has 4 nitrogen and oxygen atoms in total. The molecule has 0 aliphatic heterocycles. The van der Waals surface area contributed by atoms with Gasteiger partial charge >= 0.3 is 0 Å². The van der Waals surface area contributed by atoms with Crippen LogP contribution in [0.2, 0.25) is 0 Å². The Morgan fingerprint density at radius 2 is 1.48 bits per heavy atom. The summed E-state index contributed by atoms with van der Waals surface area (Å²) < 4.78 is 0. The Morgan fingerprint density at radius 3 is 2.00 bits per heavy atom. The number of anilines is 2. The van der Waals surface area contributed by atoms with E-state index in [9.17, 15) is 9.59 Å². The van der Waals surface area contributed by atoms with Crippen molar-refractivity contribution in [1.82, 2.24) is 0 Å². The van der Waals surface area contributed by atoms with Crippen molar-refractivity contribution in [1.29, 1.82) is 0 Å². The van der Waals surface area contributed by atoms with Crippen molar-refractivity contribution in [2.45, 2.75) is 41.0 Å². The van der Waals surface area contributed by atoms with Crippen LogP contribution in [0.15, 0.2) is 36.4 Å². The molecule has 0 unspecified atom stereocenters. The van der Waals surface area contributed by atoms with Crippen LogP contribution in [0.1, 0.15) is 35.6 Å². The highest BCUT2D eigenvalue weighted by Gasteiger charge is 2.14. The van der Waals surface area contributed by atoms with Crippen LogP contribution in [0.4, 0.5) is 11.4 Å². The lowest BCUT2D eigenvalue weighted by atomic mass is 10.0. The Kier molecular flexibility index (Phi) is 5.97. The second-order valence-corrected chi connectivity index (χ2v) is 6.58. The van der Waals surface area contributed by atoms with Gasteiger partial charge in [0.2, 0.25) is 11.8 Å². The van der Waals surface area contributed by atoms with Crippen molar-refractivity contribution in [3.63, 3.8) is 0 Å². The van der Waals surface area contributed by atoms with Gasteiger partial charge in [-0.25, -0.2) is 0 Å². The molecule has 0 aromatic heterocycles. The topological polar surface area (TPSA) is 49.4 Å². The first-order valence-corrected chi connectivity index (χ1v) is 8.50. The normalized spacial score (nSPS) is 10.4. The summed E-state index contributed by atoms with van der Waals surface area (Å²) in [6, 6.07) is 11.8. The fraction of sp³-hybridized carbons (Fsp3) is 0.333. The van der Waals surface area contributed by atoms with Gasteiger partial charge in [-0.05, 0) is 51.0 Å². The van der Waals surface area contributed by atoms with Crippen molar-refractivity contribution in [3.05, 3.63) is 58.7 Å². The van der Waals surface area contributed by atoms with E-state index in [1.165, 1.54) is 12.5 Å². The van der Waals surface area contributed by atoms with Crippen LogP contribution in [0, 0.1) is 27.7 Å². The van der Waals surface area contributed by atoms with Crippen LogP contribution in [0.3, 0.4) is 0 Å². The molecule has 0 radical (unpaired) electrons. The highest BCUT2D eigenvalue weighted by molar-refractivity contribution is 5.95. The van der Waals surface area contributed by atoms with Gasteiger partial charge < -0.3 is 10.2 Å². The third-order valence-electron chi connectivity index (χ3n) is 4.23. The second kappa shape index (κ2) is 7.97. The number of amides is 2. The molecule has 0 saturated heterocycles. The lowest BCUT2D eigenvalue weighted by Gasteiger charge is -2.21. The summed E-state index contributed by atoms with van der Waals surface area (Å²) in [5, 5.41) is 2.98. The van der Waals surface area contributed by atoms with Gasteiger partial charge in [0.15, 0.2) is 0 Å². The lowest BCUT2D eigenvalue weighted by molar-refractivity contribution is -0.117. The van der Waals surface area contributed by atoms with Gasteiger partial charge in [-0.1, -0.05) is 35.4 Å². The first kappa shape index (κ1) is 18.7. The number of carbonyl (C=O) groups is 2. The number of nitrogens with one attached hydrogen (secondary N) is 1. The molecule has 2 rings (SSSR count). The zero-order valence-corrected chi connectivity index (χ0v) is 15.6. The Hall–Kier alpha value is -2.62. The zero-order chi connectivity index (χ0) is 18.6. The van der Waals surface area contributed by atoms with Crippen molar-refractivity contribution in [3.8, 4) is 0 Å². The molecule has 0 atom stereocenters. The maximum Gasteiger partial charge on any atom is 0.226 e. The molecular formula is C21H26N2O2. The molecule has 2 aromatic carbocycles. The molecule has 0 fully saturated rings. The fourth-order valence-electron chi connectivity index (χ4n) is 2.99. The van der Waals surface area contributed by atoms with Crippen LogP contribution in [-0.4, -0.2) is 18.4 Å². The second-order valence-electron chi connectivity index (χ2n) is 6.58. The van der Waals surface area contributed by atoms with Crippen LogP contribution >= 0.6 is 0 Å². The minimum absolute atomic E-state index is 0.0700. The number of rotatable bonds is 5. The van der Waals surface area contributed by atoms with Crippen molar-refractivity contribution in [2.75, 3.05) is 16.8 Å². The molecule has 1 N–H and O–H groups in total. The van der Waals surface area contributed by atoms with Crippen LogP contribution in [0.5, 0.6) is 0 Å². The quantitative estimate of drug-likeness (QED) is 0.883. The minimum atomic E-state index is -0.0894. The molecule has 0 aliphatic carbocycles. The third kappa shape index (κ3) is 4.92. The molecular weight excluding hydrogens is 312 g/mol. The maximum atomic E-state index is 12.4. The standard InChI is InChI=1S/C21H26N2O2/c1-14-6-8-19(9-7-14)23(18(5)24)11-10-20(25)22-21-16(3)12-15(2)13-17(21)4/h6-9,12-13H,10-11H2,1-5H3,(H,22,25). The Bertz CT molecular complexity index is 756. The summed E-state index contributed by atoms with van der Waals surface area (Å²) in [6.07, 6.45) is 0.250. The van der Waals surface area contributed by atoms with E-state index >= 15 is 0 Å². The van der Waals surface area contributed by atoms with E-state index in [0.717, 1.165) is 28.1 Å². The van der Waals surface area contributed by atoms with Crippen LogP contribution < -0.4 is 10.2 Å². The predicted molar refractivity (Wildman–Crippen MR) is 103 cm³/mol. The number of hydrogen-bond acceptors (Lipinski definition) is 2. The third-order valence-corrected chi connectivity index (χ3v) is 4.23. The SMILES string of the molecule is CC(=O)N(CCC(=O)Nc1c(C)cc(C)cc1C)c1ccc(C)cc1. The molecule has 0 spiro atoms. The summed E-state index contributed by atoms with van der Waals surface area (Å²) in [4.78, 5) is 25.9. The first-order chi connectivity index (χ1) is 11.8. The summed E-state index contributed by atoms with van der Waals surface area (Å²) in [7, 11) is 0. The lowest BCUT2D eigenvalue weighted by Crippen LogP contribution is -2.32. The average molecular weight is 338 g/mol. The van der Waals surface area contributed by atoms with E-state index in [1.54, 1.807) is 4.90 Å². The molecule has 0 aliphatic rings. The molecule has 0 bridgehead atoms. The predicted octanol–water partition coefficient (Wildman–Crippen LogP) is 4.30. The van der Waals surface area contributed by atoms with Crippen LogP contribution in [-0.2, 0) is 9.59 Å². The first-order valence-electron chi connectivity index (χ1n) is 8.50. The van der Waals surface area contributed by atoms with Crippen molar-refractivity contribution in [2.24, 2.45) is 0 Å². The average Bonchev–Trinajstić information content (AvgIpc) is 2.52. The summed E-state index contributed by atoms with van der Waals surface area (Å²) in [5.41, 5.74) is 6.08. The van der Waals surface area contributed by atoms with E-state index in [-0.39, 0.29) is 18.2 Å². The highest BCUT2D eigenvalue weighted by atomic mass is 16.2. The molecule has 2 amide bonds. The van der Waals surface area contributed by atoms with E-state index in [1.807, 2.05) is 52.0 Å². The molecule has 0 saturated carbocycles. The Labute approximate surface area is 149 Å². The Balaban J connectivity index is 2.05. The van der Waals surface area contributed by atoms with Gasteiger partial charge in [0.1, 0.15) is 0 Å².